The van der Waals surface area contributed by atoms with Crippen molar-refractivity contribution in [2.45, 2.75) is 25.5 Å². The third-order valence-corrected chi connectivity index (χ3v) is 5.26. The van der Waals surface area contributed by atoms with Crippen molar-refractivity contribution in [3.63, 3.8) is 0 Å². The number of hydrogen-bond acceptors (Lipinski definition) is 4. The number of ether oxygens (including phenoxy) is 2. The average molecular weight is 450 g/mol. The predicted molar refractivity (Wildman–Crippen MR) is 121 cm³/mol. The van der Waals surface area contributed by atoms with Gasteiger partial charge in [-0.05, 0) is 66.4 Å². The van der Waals surface area contributed by atoms with E-state index >= 15 is 0 Å². The van der Waals surface area contributed by atoms with E-state index in [2.05, 4.69) is 4.98 Å². The summed E-state index contributed by atoms with van der Waals surface area (Å²) in [5.74, 6) is -0.665. The van der Waals surface area contributed by atoms with Crippen LogP contribution in [0.2, 0.25) is 0 Å². The van der Waals surface area contributed by atoms with E-state index in [0.29, 0.717) is 30.0 Å². The zero-order valence-corrected chi connectivity index (χ0v) is 18.0. The van der Waals surface area contributed by atoms with Crippen molar-refractivity contribution in [2.75, 3.05) is 13.2 Å². The van der Waals surface area contributed by atoms with Gasteiger partial charge in [0.2, 0.25) is 5.91 Å². The highest BCUT2D eigenvalue weighted by Crippen LogP contribution is 2.25. The van der Waals surface area contributed by atoms with Gasteiger partial charge in [0, 0.05) is 32.0 Å². The van der Waals surface area contributed by atoms with Gasteiger partial charge in [0.05, 0.1) is 12.3 Å². The normalized spacial score (nSPS) is 15.6. The third kappa shape index (κ3) is 6.46. The molecule has 33 heavy (non-hydrogen) atoms. The molecule has 0 spiro atoms. The van der Waals surface area contributed by atoms with Crippen molar-refractivity contribution < 1.29 is 23.0 Å². The molecular weight excluding hydrogens is 426 g/mol. The van der Waals surface area contributed by atoms with E-state index in [1.165, 1.54) is 36.5 Å². The summed E-state index contributed by atoms with van der Waals surface area (Å²) in [4.78, 5) is 18.5. The van der Waals surface area contributed by atoms with Crippen LogP contribution in [-0.2, 0) is 16.1 Å². The molecule has 1 unspecified atom stereocenters. The molecule has 0 saturated carbocycles. The van der Waals surface area contributed by atoms with Crippen LogP contribution in [0.5, 0.6) is 11.5 Å². The van der Waals surface area contributed by atoms with E-state index in [1.807, 2.05) is 0 Å². The number of pyridine rings is 1. The molecule has 0 aliphatic carbocycles. The number of benzene rings is 2. The van der Waals surface area contributed by atoms with Crippen molar-refractivity contribution in [3.8, 4) is 11.5 Å². The summed E-state index contributed by atoms with van der Waals surface area (Å²) in [5, 5.41) is 0. The summed E-state index contributed by atoms with van der Waals surface area (Å²) in [6, 6.07) is 14.0. The molecule has 2 heterocycles. The fourth-order valence-electron chi connectivity index (χ4n) is 3.63. The number of aromatic nitrogens is 1. The highest BCUT2D eigenvalue weighted by Gasteiger charge is 2.22. The van der Waals surface area contributed by atoms with E-state index in [0.717, 1.165) is 12.8 Å². The van der Waals surface area contributed by atoms with Crippen molar-refractivity contribution >= 4 is 12.0 Å². The van der Waals surface area contributed by atoms with Gasteiger partial charge in [-0.25, -0.2) is 8.78 Å². The summed E-state index contributed by atoms with van der Waals surface area (Å²) in [5.41, 5.74) is 1.21. The number of carbonyl (C=O) groups is 1. The van der Waals surface area contributed by atoms with E-state index in [-0.39, 0.29) is 30.1 Å². The molecule has 170 valence electrons. The maximum Gasteiger partial charge on any atom is 0.246 e. The van der Waals surface area contributed by atoms with Gasteiger partial charge in [0.15, 0.2) is 11.6 Å². The van der Waals surface area contributed by atoms with Crippen LogP contribution in [0.3, 0.4) is 0 Å². The molecule has 1 aliphatic rings. The van der Waals surface area contributed by atoms with Crippen LogP contribution in [0.4, 0.5) is 8.78 Å². The number of halogens is 2. The summed E-state index contributed by atoms with van der Waals surface area (Å²) >= 11 is 0. The topological polar surface area (TPSA) is 51.7 Å². The molecular formula is C26H24F2N2O3. The largest absolute Gasteiger partial charge is 0.453 e. The van der Waals surface area contributed by atoms with Gasteiger partial charge < -0.3 is 14.4 Å². The highest BCUT2D eigenvalue weighted by atomic mass is 19.1. The Kier molecular flexibility index (Phi) is 7.42. The van der Waals surface area contributed by atoms with Crippen LogP contribution in [0.15, 0.2) is 73.1 Å². The van der Waals surface area contributed by atoms with Gasteiger partial charge in [-0.2, -0.15) is 0 Å². The first-order chi connectivity index (χ1) is 16.1. The summed E-state index contributed by atoms with van der Waals surface area (Å²) in [7, 11) is 0. The van der Waals surface area contributed by atoms with Crippen LogP contribution in [0, 0.1) is 11.6 Å². The minimum atomic E-state index is -0.551. The Morgan fingerprint density at radius 3 is 2.82 bits per heavy atom. The van der Waals surface area contributed by atoms with E-state index in [9.17, 15) is 13.6 Å². The molecule has 3 aromatic rings. The van der Waals surface area contributed by atoms with Crippen LogP contribution >= 0.6 is 0 Å². The van der Waals surface area contributed by atoms with Crippen molar-refractivity contribution in [1.29, 1.82) is 0 Å². The zero-order chi connectivity index (χ0) is 23.0. The molecule has 7 heteroatoms. The Morgan fingerprint density at radius 2 is 2.09 bits per heavy atom. The molecule has 0 N–H and O–H groups in total. The molecule has 0 bridgehead atoms. The standard InChI is InChI=1S/C26H24F2N2O3/c27-21-5-1-4-20(14-21)17-30(18-23-7-3-13-32-23)26(31)11-9-19-8-10-25(24(28)15-19)33-22-6-2-12-29-16-22/h1-2,4-6,8-12,14-16,23H,3,7,13,17-18H2/b11-9+. The lowest BCUT2D eigenvalue weighted by molar-refractivity contribution is -0.128. The fraction of sp³-hybridized carbons (Fsp3) is 0.231. The van der Waals surface area contributed by atoms with Crippen LogP contribution < -0.4 is 4.74 Å². The van der Waals surface area contributed by atoms with Gasteiger partial charge in [-0.3, -0.25) is 9.78 Å². The smallest absolute Gasteiger partial charge is 0.246 e. The lowest BCUT2D eigenvalue weighted by Gasteiger charge is -2.24. The second-order valence-electron chi connectivity index (χ2n) is 7.80. The number of amides is 1. The minimum absolute atomic E-state index is 0.0442. The number of nitrogens with zero attached hydrogens (tertiary/aromatic N) is 2. The van der Waals surface area contributed by atoms with Crippen LogP contribution in [0.1, 0.15) is 24.0 Å². The molecule has 1 saturated heterocycles. The van der Waals surface area contributed by atoms with Crippen LogP contribution in [-0.4, -0.2) is 35.0 Å². The second-order valence-corrected chi connectivity index (χ2v) is 7.80. The van der Waals surface area contributed by atoms with Gasteiger partial charge >= 0.3 is 0 Å². The monoisotopic (exact) mass is 450 g/mol. The van der Waals surface area contributed by atoms with Crippen molar-refractivity contribution in [2.24, 2.45) is 0 Å². The van der Waals surface area contributed by atoms with Crippen LogP contribution in [0.25, 0.3) is 6.08 Å². The van der Waals surface area contributed by atoms with Gasteiger partial charge in [0.1, 0.15) is 11.6 Å². The molecule has 1 aliphatic heterocycles. The van der Waals surface area contributed by atoms with E-state index < -0.39 is 5.82 Å². The summed E-state index contributed by atoms with van der Waals surface area (Å²) < 4.78 is 39.3. The third-order valence-electron chi connectivity index (χ3n) is 5.26. The Bertz CT molecular complexity index is 1120. The Morgan fingerprint density at radius 1 is 1.18 bits per heavy atom. The molecule has 1 amide bonds. The molecule has 1 fully saturated rings. The Balaban J connectivity index is 1.45. The van der Waals surface area contributed by atoms with Gasteiger partial charge in [-0.15, -0.1) is 0 Å². The summed E-state index contributed by atoms with van der Waals surface area (Å²) in [6.07, 6.45) is 7.82. The molecule has 2 aromatic carbocycles. The van der Waals surface area contributed by atoms with Crippen molar-refractivity contribution in [1.82, 2.24) is 9.88 Å². The molecule has 4 rings (SSSR count). The number of carbonyl (C=O) groups excluding carboxylic acids is 1. The first-order valence-electron chi connectivity index (χ1n) is 10.8. The van der Waals surface area contributed by atoms with Crippen molar-refractivity contribution in [3.05, 3.63) is 95.8 Å². The highest BCUT2D eigenvalue weighted by molar-refractivity contribution is 5.91. The zero-order valence-electron chi connectivity index (χ0n) is 18.0. The number of hydrogen-bond donors (Lipinski definition) is 0. The first kappa shape index (κ1) is 22.6. The van der Waals surface area contributed by atoms with E-state index in [1.54, 1.807) is 47.5 Å². The Hall–Kier alpha value is -3.58. The second kappa shape index (κ2) is 10.8. The summed E-state index contributed by atoms with van der Waals surface area (Å²) in [6.45, 7) is 1.34. The van der Waals surface area contributed by atoms with Gasteiger partial charge in [-0.1, -0.05) is 18.2 Å². The minimum Gasteiger partial charge on any atom is -0.453 e. The van der Waals surface area contributed by atoms with E-state index in [4.69, 9.17) is 9.47 Å². The molecule has 0 radical (unpaired) electrons. The van der Waals surface area contributed by atoms with Gasteiger partial charge in [0.25, 0.3) is 0 Å². The lowest BCUT2D eigenvalue weighted by atomic mass is 10.1. The lowest BCUT2D eigenvalue weighted by Crippen LogP contribution is -2.35. The number of rotatable bonds is 8. The average Bonchev–Trinajstić information content (AvgIpc) is 3.33. The maximum atomic E-state index is 14.5. The molecule has 1 aromatic heterocycles. The quantitative estimate of drug-likeness (QED) is 0.433. The first-order valence-corrected chi connectivity index (χ1v) is 10.8. The SMILES string of the molecule is O=C(/C=C/c1ccc(Oc2cccnc2)c(F)c1)N(Cc1cccc(F)c1)CC1CCCO1. The Labute approximate surface area is 191 Å². The molecule has 5 nitrogen and oxygen atoms in total. The fourth-order valence-corrected chi connectivity index (χ4v) is 3.63. The predicted octanol–water partition coefficient (Wildman–Crippen LogP) is 5.37. The molecule has 1 atom stereocenters. The maximum absolute atomic E-state index is 14.5.